The van der Waals surface area contributed by atoms with Crippen LogP contribution in [0.25, 0.3) is 0 Å². The number of carbonyl (C=O) groups is 2. The van der Waals surface area contributed by atoms with Crippen LogP contribution in [-0.4, -0.2) is 30.4 Å². The van der Waals surface area contributed by atoms with Gasteiger partial charge in [-0.05, 0) is 25.2 Å². The lowest BCUT2D eigenvalue weighted by molar-refractivity contribution is -0.145. The standard InChI is InChI=1S/C12H22BrNO3/c1-9(2)8-10(12(16)17-3)14-11(15)6-4-5-7-13/h9-10H,4-8H2,1-3H3,(H,14,15). The van der Waals surface area contributed by atoms with Crippen LogP contribution in [0.15, 0.2) is 0 Å². The minimum atomic E-state index is -0.517. The van der Waals surface area contributed by atoms with Crippen molar-refractivity contribution >= 4 is 27.8 Å². The van der Waals surface area contributed by atoms with Gasteiger partial charge in [0.15, 0.2) is 0 Å². The van der Waals surface area contributed by atoms with Crippen LogP contribution >= 0.6 is 15.9 Å². The number of alkyl halides is 1. The maximum atomic E-state index is 11.6. The van der Waals surface area contributed by atoms with Crippen molar-refractivity contribution in [1.82, 2.24) is 5.32 Å². The van der Waals surface area contributed by atoms with E-state index in [0.717, 1.165) is 18.2 Å². The van der Waals surface area contributed by atoms with Gasteiger partial charge in [0.2, 0.25) is 5.91 Å². The second-order valence-corrected chi connectivity index (χ2v) is 5.21. The van der Waals surface area contributed by atoms with Gasteiger partial charge in [-0.1, -0.05) is 29.8 Å². The molecule has 0 aromatic rings. The average molecular weight is 308 g/mol. The van der Waals surface area contributed by atoms with Crippen LogP contribution in [0.2, 0.25) is 0 Å². The fourth-order valence-corrected chi connectivity index (χ4v) is 1.87. The van der Waals surface area contributed by atoms with Gasteiger partial charge in [-0.2, -0.15) is 0 Å². The van der Waals surface area contributed by atoms with Crippen LogP contribution in [0.5, 0.6) is 0 Å². The first-order chi connectivity index (χ1) is 8.01. The summed E-state index contributed by atoms with van der Waals surface area (Å²) >= 11 is 3.31. The topological polar surface area (TPSA) is 55.4 Å². The number of amides is 1. The Morgan fingerprint density at radius 2 is 1.94 bits per heavy atom. The Hall–Kier alpha value is -0.580. The zero-order valence-corrected chi connectivity index (χ0v) is 12.4. The summed E-state index contributed by atoms with van der Waals surface area (Å²) in [5.74, 6) is -0.114. The van der Waals surface area contributed by atoms with Gasteiger partial charge >= 0.3 is 5.97 Å². The molecule has 100 valence electrons. The molecule has 0 spiro atoms. The molecule has 0 rings (SSSR count). The lowest BCUT2D eigenvalue weighted by Crippen LogP contribution is -2.42. The molecule has 0 saturated heterocycles. The lowest BCUT2D eigenvalue weighted by atomic mass is 10.0. The smallest absolute Gasteiger partial charge is 0.328 e. The summed E-state index contributed by atoms with van der Waals surface area (Å²) in [6.45, 7) is 4.01. The zero-order valence-electron chi connectivity index (χ0n) is 10.8. The quantitative estimate of drug-likeness (QED) is 0.425. The van der Waals surface area contributed by atoms with Gasteiger partial charge < -0.3 is 10.1 Å². The van der Waals surface area contributed by atoms with Crippen LogP contribution in [0.4, 0.5) is 0 Å². The van der Waals surface area contributed by atoms with E-state index in [1.165, 1.54) is 7.11 Å². The van der Waals surface area contributed by atoms with Crippen molar-refractivity contribution in [3.63, 3.8) is 0 Å². The molecule has 0 aliphatic carbocycles. The summed E-state index contributed by atoms with van der Waals surface area (Å²) in [5, 5.41) is 3.62. The molecule has 17 heavy (non-hydrogen) atoms. The van der Waals surface area contributed by atoms with Crippen LogP contribution in [-0.2, 0) is 14.3 Å². The van der Waals surface area contributed by atoms with E-state index in [-0.39, 0.29) is 11.9 Å². The zero-order chi connectivity index (χ0) is 13.3. The number of ether oxygens (including phenoxy) is 1. The van der Waals surface area contributed by atoms with Gasteiger partial charge in [-0.25, -0.2) is 4.79 Å². The highest BCUT2D eigenvalue weighted by atomic mass is 79.9. The fraction of sp³-hybridized carbons (Fsp3) is 0.833. The van der Waals surface area contributed by atoms with E-state index in [2.05, 4.69) is 26.0 Å². The predicted molar refractivity (Wildman–Crippen MR) is 71.0 cm³/mol. The molecule has 5 heteroatoms. The summed E-state index contributed by atoms with van der Waals surface area (Å²) < 4.78 is 4.68. The SMILES string of the molecule is COC(=O)C(CC(C)C)NC(=O)CCCCBr. The van der Waals surface area contributed by atoms with Gasteiger partial charge in [0, 0.05) is 11.8 Å². The minimum Gasteiger partial charge on any atom is -0.467 e. The monoisotopic (exact) mass is 307 g/mol. The van der Waals surface area contributed by atoms with Crippen molar-refractivity contribution in [3.8, 4) is 0 Å². The van der Waals surface area contributed by atoms with Crippen molar-refractivity contribution < 1.29 is 14.3 Å². The fourth-order valence-electron chi connectivity index (χ4n) is 1.47. The molecule has 1 N–H and O–H groups in total. The Labute approximate surface area is 112 Å². The molecule has 0 aliphatic rings. The minimum absolute atomic E-state index is 0.0815. The highest BCUT2D eigenvalue weighted by Crippen LogP contribution is 2.07. The molecule has 1 amide bonds. The lowest BCUT2D eigenvalue weighted by Gasteiger charge is -2.18. The third-order valence-electron chi connectivity index (χ3n) is 2.32. The highest BCUT2D eigenvalue weighted by molar-refractivity contribution is 9.09. The van der Waals surface area contributed by atoms with E-state index in [0.29, 0.717) is 18.8 Å². The Morgan fingerprint density at radius 1 is 1.29 bits per heavy atom. The van der Waals surface area contributed by atoms with E-state index in [1.54, 1.807) is 0 Å². The molecular weight excluding hydrogens is 286 g/mol. The first-order valence-electron chi connectivity index (χ1n) is 5.94. The molecule has 0 aromatic heterocycles. The summed E-state index contributed by atoms with van der Waals surface area (Å²) in [4.78, 5) is 23.1. The Balaban J connectivity index is 4.13. The normalized spacial score (nSPS) is 12.3. The molecule has 1 atom stereocenters. The first-order valence-corrected chi connectivity index (χ1v) is 7.06. The Kier molecular flexibility index (Phi) is 9.13. The van der Waals surface area contributed by atoms with Crippen LogP contribution in [0.1, 0.15) is 39.5 Å². The van der Waals surface area contributed by atoms with E-state index >= 15 is 0 Å². The largest absolute Gasteiger partial charge is 0.467 e. The molecule has 0 radical (unpaired) electrons. The second-order valence-electron chi connectivity index (χ2n) is 4.42. The highest BCUT2D eigenvalue weighted by Gasteiger charge is 2.22. The van der Waals surface area contributed by atoms with Crippen LogP contribution in [0, 0.1) is 5.92 Å². The van der Waals surface area contributed by atoms with Gasteiger partial charge in [0.05, 0.1) is 7.11 Å². The molecule has 0 aromatic carbocycles. The number of esters is 1. The molecular formula is C12H22BrNO3. The number of hydrogen-bond donors (Lipinski definition) is 1. The number of hydrogen-bond acceptors (Lipinski definition) is 3. The number of rotatable bonds is 8. The second kappa shape index (κ2) is 9.45. The van der Waals surface area contributed by atoms with Crippen molar-refractivity contribution in [2.24, 2.45) is 5.92 Å². The van der Waals surface area contributed by atoms with E-state index < -0.39 is 6.04 Å². The van der Waals surface area contributed by atoms with Crippen molar-refractivity contribution in [3.05, 3.63) is 0 Å². The third kappa shape index (κ3) is 8.18. The molecule has 0 fully saturated rings. The maximum absolute atomic E-state index is 11.6. The van der Waals surface area contributed by atoms with E-state index in [4.69, 9.17) is 0 Å². The number of nitrogens with one attached hydrogen (secondary N) is 1. The predicted octanol–water partition coefficient (Wildman–Crippen LogP) is 2.26. The van der Waals surface area contributed by atoms with E-state index in [1.807, 2.05) is 13.8 Å². The van der Waals surface area contributed by atoms with Crippen molar-refractivity contribution in [2.45, 2.75) is 45.6 Å². The van der Waals surface area contributed by atoms with Gasteiger partial charge in [-0.3, -0.25) is 4.79 Å². The number of unbranched alkanes of at least 4 members (excludes halogenated alkanes) is 1. The summed E-state index contributed by atoms with van der Waals surface area (Å²) in [7, 11) is 1.34. The number of halogens is 1. The van der Waals surface area contributed by atoms with Gasteiger partial charge in [0.25, 0.3) is 0 Å². The maximum Gasteiger partial charge on any atom is 0.328 e. The summed E-state index contributed by atoms with van der Waals surface area (Å²) in [6, 6.07) is -0.517. The Morgan fingerprint density at radius 3 is 2.41 bits per heavy atom. The summed E-state index contributed by atoms with van der Waals surface area (Å²) in [5.41, 5.74) is 0. The Bertz CT molecular complexity index is 244. The molecule has 1 unspecified atom stereocenters. The van der Waals surface area contributed by atoms with Gasteiger partial charge in [0.1, 0.15) is 6.04 Å². The summed E-state index contributed by atoms with van der Waals surface area (Å²) in [6.07, 6.45) is 2.85. The first kappa shape index (κ1) is 16.4. The molecule has 0 heterocycles. The van der Waals surface area contributed by atoms with Crippen LogP contribution < -0.4 is 5.32 Å². The number of carbonyl (C=O) groups excluding carboxylic acids is 2. The van der Waals surface area contributed by atoms with Crippen LogP contribution in [0.3, 0.4) is 0 Å². The molecule has 0 bridgehead atoms. The van der Waals surface area contributed by atoms with Crippen molar-refractivity contribution in [1.29, 1.82) is 0 Å². The van der Waals surface area contributed by atoms with Crippen molar-refractivity contribution in [2.75, 3.05) is 12.4 Å². The molecule has 0 saturated carbocycles. The molecule has 0 aliphatic heterocycles. The number of methoxy groups -OCH3 is 1. The van der Waals surface area contributed by atoms with E-state index in [9.17, 15) is 9.59 Å². The van der Waals surface area contributed by atoms with Gasteiger partial charge in [-0.15, -0.1) is 0 Å². The average Bonchev–Trinajstić information content (AvgIpc) is 2.27. The third-order valence-corrected chi connectivity index (χ3v) is 2.88. The molecule has 4 nitrogen and oxygen atoms in total.